The highest BCUT2D eigenvalue weighted by Crippen LogP contribution is 2.22. The quantitative estimate of drug-likeness (QED) is 0.623. The summed E-state index contributed by atoms with van der Waals surface area (Å²) in [6.07, 6.45) is 1.78. The van der Waals surface area contributed by atoms with Crippen LogP contribution in [0.2, 0.25) is 0 Å². The number of carbonyl (C=O) groups is 1. The van der Waals surface area contributed by atoms with E-state index in [2.05, 4.69) is 20.6 Å². The van der Waals surface area contributed by atoms with Gasteiger partial charge in [-0.05, 0) is 18.2 Å². The number of guanidine groups is 1. The number of benzene rings is 1. The molecule has 92 valence electrons. The van der Waals surface area contributed by atoms with Gasteiger partial charge in [-0.15, -0.1) is 0 Å². The molecule has 1 aliphatic heterocycles. The maximum absolute atomic E-state index is 11.4. The topological polar surface area (TPSA) is 95.3 Å². The lowest BCUT2D eigenvalue weighted by atomic mass is 10.1. The van der Waals surface area contributed by atoms with Crippen molar-refractivity contribution in [2.45, 2.75) is 0 Å². The molecule has 2 aromatic rings. The van der Waals surface area contributed by atoms with Crippen LogP contribution in [-0.4, -0.2) is 29.9 Å². The van der Waals surface area contributed by atoms with Crippen molar-refractivity contribution in [3.63, 3.8) is 0 Å². The molecule has 5 N–H and O–H groups in total. The van der Waals surface area contributed by atoms with E-state index in [9.17, 15) is 4.79 Å². The number of hydrogen-bond acceptors (Lipinski definition) is 4. The van der Waals surface area contributed by atoms with Gasteiger partial charge in [0, 0.05) is 23.8 Å². The normalized spacial score (nSPS) is 14.3. The standard InChI is InChI=1S/C12H13N5O/c13-11(18)9-6-8(17-12-15-3-4-16-12)5-7-1-2-14-10(7)9/h1-2,5-6,14H,3-4H2,(H2,13,18)(H2,15,16,17). The van der Waals surface area contributed by atoms with Gasteiger partial charge in [-0.3, -0.25) is 9.79 Å². The lowest BCUT2D eigenvalue weighted by Crippen LogP contribution is -2.26. The molecule has 3 rings (SSSR count). The number of H-pyrrole nitrogens is 1. The number of nitrogens with zero attached hydrogens (tertiary/aromatic N) is 1. The Morgan fingerprint density at radius 1 is 1.44 bits per heavy atom. The highest BCUT2D eigenvalue weighted by atomic mass is 16.1. The van der Waals surface area contributed by atoms with Gasteiger partial charge in [0.2, 0.25) is 0 Å². The van der Waals surface area contributed by atoms with Crippen LogP contribution in [0.15, 0.2) is 29.4 Å². The fourth-order valence-electron chi connectivity index (χ4n) is 2.06. The number of anilines is 1. The summed E-state index contributed by atoms with van der Waals surface area (Å²) in [6, 6.07) is 5.57. The van der Waals surface area contributed by atoms with Crippen molar-refractivity contribution >= 4 is 28.5 Å². The molecule has 0 bridgehead atoms. The number of fused-ring (bicyclic) bond motifs is 1. The molecule has 0 atom stereocenters. The van der Waals surface area contributed by atoms with Crippen molar-refractivity contribution < 1.29 is 4.79 Å². The Balaban J connectivity index is 2.04. The summed E-state index contributed by atoms with van der Waals surface area (Å²) >= 11 is 0. The van der Waals surface area contributed by atoms with E-state index in [-0.39, 0.29) is 0 Å². The van der Waals surface area contributed by atoms with Gasteiger partial charge in [0.1, 0.15) is 0 Å². The average molecular weight is 243 g/mol. The monoisotopic (exact) mass is 243 g/mol. The van der Waals surface area contributed by atoms with E-state index in [1.807, 2.05) is 12.1 Å². The molecular weight excluding hydrogens is 230 g/mol. The summed E-state index contributed by atoms with van der Waals surface area (Å²) in [5, 5.41) is 7.18. The van der Waals surface area contributed by atoms with E-state index >= 15 is 0 Å². The van der Waals surface area contributed by atoms with Crippen LogP contribution in [0.25, 0.3) is 10.9 Å². The second kappa shape index (κ2) is 4.06. The third kappa shape index (κ3) is 1.77. The van der Waals surface area contributed by atoms with Crippen LogP contribution in [0.5, 0.6) is 0 Å². The summed E-state index contributed by atoms with van der Waals surface area (Å²) in [7, 11) is 0. The minimum atomic E-state index is -0.451. The molecule has 0 unspecified atom stereocenters. The second-order valence-electron chi connectivity index (χ2n) is 4.11. The van der Waals surface area contributed by atoms with Gasteiger partial charge in [0.15, 0.2) is 5.96 Å². The van der Waals surface area contributed by atoms with E-state index in [1.54, 1.807) is 12.3 Å². The number of amides is 1. The average Bonchev–Trinajstić information content (AvgIpc) is 2.98. The van der Waals surface area contributed by atoms with Crippen LogP contribution < -0.4 is 16.4 Å². The van der Waals surface area contributed by atoms with Gasteiger partial charge in [-0.25, -0.2) is 0 Å². The number of rotatable bonds is 2. The van der Waals surface area contributed by atoms with Crippen LogP contribution in [0.1, 0.15) is 10.4 Å². The molecule has 6 nitrogen and oxygen atoms in total. The van der Waals surface area contributed by atoms with Gasteiger partial charge >= 0.3 is 0 Å². The van der Waals surface area contributed by atoms with Gasteiger partial charge in [0.25, 0.3) is 5.91 Å². The molecule has 1 aromatic heterocycles. The summed E-state index contributed by atoms with van der Waals surface area (Å²) in [6.45, 7) is 1.59. The Morgan fingerprint density at radius 2 is 2.33 bits per heavy atom. The third-order valence-electron chi connectivity index (χ3n) is 2.86. The van der Waals surface area contributed by atoms with Gasteiger partial charge in [-0.1, -0.05) is 0 Å². The molecule has 6 heteroatoms. The number of aromatic nitrogens is 1. The van der Waals surface area contributed by atoms with Crippen molar-refractivity contribution in [3.05, 3.63) is 30.0 Å². The largest absolute Gasteiger partial charge is 0.366 e. The van der Waals surface area contributed by atoms with Crippen LogP contribution in [-0.2, 0) is 0 Å². The molecule has 2 heterocycles. The Bertz CT molecular complexity index is 643. The fourth-order valence-corrected chi connectivity index (χ4v) is 2.06. The lowest BCUT2D eigenvalue weighted by molar-refractivity contribution is 0.100. The molecular formula is C12H13N5O. The van der Waals surface area contributed by atoms with Gasteiger partial charge in [0.05, 0.1) is 17.6 Å². The first-order valence-corrected chi connectivity index (χ1v) is 5.70. The van der Waals surface area contributed by atoms with Crippen molar-refractivity contribution in [2.75, 3.05) is 18.4 Å². The SMILES string of the molecule is NC(=O)c1cc(NC2=NCCN2)cc2cc[nH]c12. The minimum Gasteiger partial charge on any atom is -0.366 e. The van der Waals surface area contributed by atoms with Crippen LogP contribution in [0.3, 0.4) is 0 Å². The van der Waals surface area contributed by atoms with Crippen LogP contribution >= 0.6 is 0 Å². The second-order valence-corrected chi connectivity index (χ2v) is 4.11. The number of aliphatic imine (C=N–C) groups is 1. The van der Waals surface area contributed by atoms with Crippen molar-refractivity contribution in [2.24, 2.45) is 10.7 Å². The number of carbonyl (C=O) groups excluding carboxylic acids is 1. The van der Waals surface area contributed by atoms with E-state index in [1.165, 1.54) is 0 Å². The number of primary amides is 1. The van der Waals surface area contributed by atoms with Crippen molar-refractivity contribution in [1.29, 1.82) is 0 Å². The zero-order valence-corrected chi connectivity index (χ0v) is 9.66. The van der Waals surface area contributed by atoms with E-state index in [4.69, 9.17) is 5.73 Å². The molecule has 1 aliphatic rings. The number of hydrogen-bond donors (Lipinski definition) is 4. The molecule has 0 saturated carbocycles. The van der Waals surface area contributed by atoms with Gasteiger partial charge in [-0.2, -0.15) is 0 Å². The summed E-state index contributed by atoms with van der Waals surface area (Å²) in [5.74, 6) is 0.271. The van der Waals surface area contributed by atoms with Crippen molar-refractivity contribution in [3.8, 4) is 0 Å². The Kier molecular flexibility index (Phi) is 2.40. The number of aromatic amines is 1. The maximum Gasteiger partial charge on any atom is 0.250 e. The minimum absolute atomic E-state index is 0.451. The van der Waals surface area contributed by atoms with E-state index < -0.39 is 5.91 Å². The zero-order valence-electron chi connectivity index (χ0n) is 9.66. The Hall–Kier alpha value is -2.50. The Morgan fingerprint density at radius 3 is 3.06 bits per heavy atom. The van der Waals surface area contributed by atoms with Crippen molar-refractivity contribution in [1.82, 2.24) is 10.3 Å². The highest BCUT2D eigenvalue weighted by molar-refractivity contribution is 6.07. The highest BCUT2D eigenvalue weighted by Gasteiger charge is 2.11. The summed E-state index contributed by atoms with van der Waals surface area (Å²) in [4.78, 5) is 18.7. The smallest absolute Gasteiger partial charge is 0.250 e. The fraction of sp³-hybridized carbons (Fsp3) is 0.167. The molecule has 18 heavy (non-hydrogen) atoms. The molecule has 1 aromatic carbocycles. The first kappa shape index (κ1) is 10.6. The predicted molar refractivity (Wildman–Crippen MR) is 70.7 cm³/mol. The molecule has 0 aliphatic carbocycles. The summed E-state index contributed by atoms with van der Waals surface area (Å²) in [5.41, 5.74) is 7.41. The molecule has 0 radical (unpaired) electrons. The first-order chi connectivity index (χ1) is 8.74. The molecule has 1 amide bonds. The maximum atomic E-state index is 11.4. The number of nitrogens with one attached hydrogen (secondary N) is 3. The third-order valence-corrected chi connectivity index (χ3v) is 2.86. The zero-order chi connectivity index (χ0) is 12.5. The Labute approximate surface area is 103 Å². The van der Waals surface area contributed by atoms with Gasteiger partial charge < -0.3 is 21.4 Å². The number of nitrogens with two attached hydrogens (primary N) is 1. The molecule has 0 fully saturated rings. The first-order valence-electron chi connectivity index (χ1n) is 5.70. The van der Waals surface area contributed by atoms with E-state index in [0.717, 1.165) is 35.6 Å². The summed E-state index contributed by atoms with van der Waals surface area (Å²) < 4.78 is 0. The van der Waals surface area contributed by atoms with Crippen LogP contribution in [0, 0.1) is 0 Å². The predicted octanol–water partition coefficient (Wildman–Crippen LogP) is 0.638. The molecule has 0 saturated heterocycles. The lowest BCUT2D eigenvalue weighted by Gasteiger charge is -2.08. The van der Waals surface area contributed by atoms with E-state index in [0.29, 0.717) is 5.56 Å². The molecule has 0 spiro atoms. The van der Waals surface area contributed by atoms with Crippen LogP contribution in [0.4, 0.5) is 5.69 Å².